The van der Waals surface area contributed by atoms with Crippen molar-refractivity contribution in [2.45, 2.75) is 40.2 Å². The monoisotopic (exact) mass is 404 g/mol. The molecule has 3 aromatic rings. The van der Waals surface area contributed by atoms with Crippen molar-refractivity contribution in [2.24, 2.45) is 5.92 Å². The summed E-state index contributed by atoms with van der Waals surface area (Å²) in [5.41, 5.74) is 2.57. The number of nitrogens with one attached hydrogen (secondary N) is 1. The fourth-order valence-corrected chi connectivity index (χ4v) is 4.14. The summed E-state index contributed by atoms with van der Waals surface area (Å²) >= 11 is 0. The Morgan fingerprint density at radius 2 is 1.93 bits per heavy atom. The van der Waals surface area contributed by atoms with Crippen molar-refractivity contribution in [3.05, 3.63) is 63.9 Å². The average molecular weight is 405 g/mol. The first-order valence-electron chi connectivity index (χ1n) is 10.5. The molecule has 30 heavy (non-hydrogen) atoms. The van der Waals surface area contributed by atoms with Crippen molar-refractivity contribution in [3.8, 4) is 0 Å². The summed E-state index contributed by atoms with van der Waals surface area (Å²) in [6.45, 7) is 7.87. The van der Waals surface area contributed by atoms with E-state index < -0.39 is 0 Å². The van der Waals surface area contributed by atoms with Gasteiger partial charge in [0, 0.05) is 24.2 Å². The van der Waals surface area contributed by atoms with Gasteiger partial charge in [-0.15, -0.1) is 0 Å². The molecule has 1 unspecified atom stereocenters. The maximum Gasteiger partial charge on any atom is 0.275 e. The lowest BCUT2D eigenvalue weighted by atomic mass is 10.00. The molecule has 1 aromatic heterocycles. The van der Waals surface area contributed by atoms with Crippen LogP contribution in [0.1, 0.15) is 30.9 Å². The van der Waals surface area contributed by atoms with Gasteiger partial charge in [-0.1, -0.05) is 37.3 Å². The molecule has 2 aromatic carbocycles. The lowest BCUT2D eigenvalue weighted by molar-refractivity contribution is -0.117. The SMILES string of the molecule is Cc1ccc(C)c(NC(=O)Cn2nc(N3CCCC(C)C3)c3ccccc3c2=O)c1. The fourth-order valence-electron chi connectivity index (χ4n) is 4.14. The first-order chi connectivity index (χ1) is 14.4. The van der Waals surface area contributed by atoms with Crippen LogP contribution in [-0.2, 0) is 11.3 Å². The molecule has 6 heteroatoms. The summed E-state index contributed by atoms with van der Waals surface area (Å²) in [5.74, 6) is 1.11. The maximum atomic E-state index is 13.0. The summed E-state index contributed by atoms with van der Waals surface area (Å²) < 4.78 is 1.30. The molecule has 0 spiro atoms. The number of aryl methyl sites for hydroxylation is 2. The molecule has 0 radical (unpaired) electrons. The van der Waals surface area contributed by atoms with Gasteiger partial charge < -0.3 is 10.2 Å². The van der Waals surface area contributed by atoms with Crippen LogP contribution >= 0.6 is 0 Å². The average Bonchev–Trinajstić information content (AvgIpc) is 2.73. The predicted molar refractivity (Wildman–Crippen MR) is 121 cm³/mol. The highest BCUT2D eigenvalue weighted by molar-refractivity contribution is 5.93. The number of hydrogen-bond donors (Lipinski definition) is 1. The van der Waals surface area contributed by atoms with E-state index in [-0.39, 0.29) is 18.0 Å². The van der Waals surface area contributed by atoms with E-state index in [0.29, 0.717) is 11.3 Å². The zero-order valence-electron chi connectivity index (χ0n) is 17.8. The molecule has 1 amide bonds. The van der Waals surface area contributed by atoms with Crippen molar-refractivity contribution in [1.82, 2.24) is 9.78 Å². The zero-order valence-corrected chi connectivity index (χ0v) is 17.8. The molecule has 6 nitrogen and oxygen atoms in total. The Morgan fingerprint density at radius 3 is 2.70 bits per heavy atom. The quantitative estimate of drug-likeness (QED) is 0.716. The molecule has 2 heterocycles. The van der Waals surface area contributed by atoms with Crippen LogP contribution in [-0.4, -0.2) is 28.8 Å². The van der Waals surface area contributed by atoms with Gasteiger partial charge in [-0.2, -0.15) is 5.10 Å². The van der Waals surface area contributed by atoms with Gasteiger partial charge in [-0.3, -0.25) is 9.59 Å². The lowest BCUT2D eigenvalue weighted by Crippen LogP contribution is -2.38. The van der Waals surface area contributed by atoms with Crippen molar-refractivity contribution in [3.63, 3.8) is 0 Å². The van der Waals surface area contributed by atoms with Crippen molar-refractivity contribution < 1.29 is 4.79 Å². The molecule has 1 fully saturated rings. The summed E-state index contributed by atoms with van der Waals surface area (Å²) in [5, 5.41) is 9.03. The molecule has 0 bridgehead atoms. The Kier molecular flexibility index (Phi) is 5.57. The molecule has 1 aliphatic heterocycles. The maximum absolute atomic E-state index is 13.0. The molecule has 4 rings (SSSR count). The number of anilines is 2. The van der Waals surface area contributed by atoms with Crippen LogP contribution in [0.3, 0.4) is 0 Å². The summed E-state index contributed by atoms with van der Waals surface area (Å²) in [6.07, 6.45) is 2.30. The number of carbonyl (C=O) groups excluding carboxylic acids is 1. The summed E-state index contributed by atoms with van der Waals surface area (Å²) in [4.78, 5) is 28.0. The lowest BCUT2D eigenvalue weighted by Gasteiger charge is -2.32. The van der Waals surface area contributed by atoms with Gasteiger partial charge in [-0.25, -0.2) is 4.68 Å². The van der Waals surface area contributed by atoms with Crippen molar-refractivity contribution in [1.29, 1.82) is 0 Å². The van der Waals surface area contributed by atoms with Crippen LogP contribution in [0.25, 0.3) is 10.8 Å². The third-order valence-corrected chi connectivity index (χ3v) is 5.77. The minimum absolute atomic E-state index is 0.118. The van der Waals surface area contributed by atoms with E-state index in [0.717, 1.165) is 47.5 Å². The normalized spacial score (nSPS) is 16.6. The third-order valence-electron chi connectivity index (χ3n) is 5.77. The first kappa shape index (κ1) is 20.1. The standard InChI is InChI=1S/C24H28N4O2/c1-16-10-11-18(3)21(13-16)25-22(29)15-28-24(30)20-9-5-4-8-19(20)23(26-28)27-12-6-7-17(2)14-27/h4-5,8-11,13,17H,6-7,12,14-15H2,1-3H3,(H,25,29). The van der Waals surface area contributed by atoms with Crippen LogP contribution in [0.2, 0.25) is 0 Å². The Balaban J connectivity index is 1.68. The minimum Gasteiger partial charge on any atom is -0.354 e. The first-order valence-corrected chi connectivity index (χ1v) is 10.5. The van der Waals surface area contributed by atoms with Crippen LogP contribution in [0.4, 0.5) is 11.5 Å². The number of rotatable bonds is 4. The highest BCUT2D eigenvalue weighted by Gasteiger charge is 2.22. The van der Waals surface area contributed by atoms with E-state index in [2.05, 4.69) is 22.2 Å². The van der Waals surface area contributed by atoms with E-state index in [1.165, 1.54) is 11.1 Å². The van der Waals surface area contributed by atoms with Crippen LogP contribution < -0.4 is 15.8 Å². The minimum atomic E-state index is -0.258. The van der Waals surface area contributed by atoms with Gasteiger partial charge in [0.15, 0.2) is 5.82 Å². The number of aromatic nitrogens is 2. The van der Waals surface area contributed by atoms with Gasteiger partial charge in [0.1, 0.15) is 6.54 Å². The molecule has 1 saturated heterocycles. The molecule has 1 atom stereocenters. The second-order valence-electron chi connectivity index (χ2n) is 8.39. The third kappa shape index (κ3) is 4.08. The second kappa shape index (κ2) is 8.30. The van der Waals surface area contributed by atoms with Crippen molar-refractivity contribution in [2.75, 3.05) is 23.3 Å². The van der Waals surface area contributed by atoms with Crippen molar-refractivity contribution >= 4 is 28.2 Å². The van der Waals surface area contributed by atoms with Gasteiger partial charge in [0.05, 0.1) is 5.39 Å². The molecule has 0 aliphatic carbocycles. The molecule has 0 saturated carbocycles. The summed E-state index contributed by atoms with van der Waals surface area (Å²) in [7, 11) is 0. The van der Waals surface area contributed by atoms with E-state index in [1.54, 1.807) is 0 Å². The highest BCUT2D eigenvalue weighted by atomic mass is 16.2. The number of fused-ring (bicyclic) bond motifs is 1. The van der Waals surface area contributed by atoms with Crippen LogP contribution in [0.15, 0.2) is 47.3 Å². The number of amides is 1. The van der Waals surface area contributed by atoms with E-state index in [1.807, 2.05) is 56.3 Å². The van der Waals surface area contributed by atoms with Gasteiger partial charge in [0.2, 0.25) is 5.91 Å². The number of nitrogens with zero attached hydrogens (tertiary/aromatic N) is 3. The largest absolute Gasteiger partial charge is 0.354 e. The highest BCUT2D eigenvalue weighted by Crippen LogP contribution is 2.26. The fraction of sp³-hybridized carbons (Fsp3) is 0.375. The summed E-state index contributed by atoms with van der Waals surface area (Å²) in [6, 6.07) is 13.5. The van der Waals surface area contributed by atoms with Gasteiger partial charge in [-0.05, 0) is 55.9 Å². The van der Waals surface area contributed by atoms with Crippen LogP contribution in [0, 0.1) is 19.8 Å². The topological polar surface area (TPSA) is 67.2 Å². The molecule has 1 N–H and O–H groups in total. The predicted octanol–water partition coefficient (Wildman–Crippen LogP) is 3.89. The zero-order chi connectivity index (χ0) is 21.3. The smallest absolute Gasteiger partial charge is 0.275 e. The molecular weight excluding hydrogens is 376 g/mol. The van der Waals surface area contributed by atoms with Gasteiger partial charge in [0.25, 0.3) is 5.56 Å². The van der Waals surface area contributed by atoms with E-state index >= 15 is 0 Å². The second-order valence-corrected chi connectivity index (χ2v) is 8.39. The number of hydrogen-bond acceptors (Lipinski definition) is 4. The van der Waals surface area contributed by atoms with E-state index in [4.69, 9.17) is 0 Å². The molecule has 1 aliphatic rings. The molecular formula is C24H28N4O2. The Hall–Kier alpha value is -3.15. The Labute approximate surface area is 176 Å². The van der Waals surface area contributed by atoms with Gasteiger partial charge >= 0.3 is 0 Å². The Bertz CT molecular complexity index is 1150. The van der Waals surface area contributed by atoms with Crippen LogP contribution in [0.5, 0.6) is 0 Å². The Morgan fingerprint density at radius 1 is 1.17 bits per heavy atom. The van der Waals surface area contributed by atoms with E-state index in [9.17, 15) is 9.59 Å². The number of benzene rings is 2. The number of piperidine rings is 1. The molecule has 156 valence electrons. The number of carbonyl (C=O) groups is 1.